The summed E-state index contributed by atoms with van der Waals surface area (Å²) in [5.41, 5.74) is 4.14. The van der Waals surface area contributed by atoms with Crippen molar-refractivity contribution in [2.45, 2.75) is 19.9 Å². The molecule has 0 aliphatic carbocycles. The number of aromatic nitrogens is 2. The van der Waals surface area contributed by atoms with E-state index in [2.05, 4.69) is 31.7 Å². The number of carbonyl (C=O) groups excluding carboxylic acids is 1. The molecule has 1 amide bonds. The van der Waals surface area contributed by atoms with Gasteiger partial charge in [-0.1, -0.05) is 46.3 Å². The number of fused-ring (bicyclic) bond motifs is 1. The first-order valence-electron chi connectivity index (χ1n) is 8.69. The predicted octanol–water partition coefficient (Wildman–Crippen LogP) is 4.88. The van der Waals surface area contributed by atoms with E-state index in [-0.39, 0.29) is 11.9 Å². The van der Waals surface area contributed by atoms with Crippen molar-refractivity contribution in [3.8, 4) is 0 Å². The van der Waals surface area contributed by atoms with Crippen LogP contribution in [0.2, 0.25) is 0 Å². The highest BCUT2D eigenvalue weighted by Crippen LogP contribution is 2.37. The van der Waals surface area contributed by atoms with Crippen LogP contribution in [-0.2, 0) is 4.79 Å². The molecule has 0 bridgehead atoms. The van der Waals surface area contributed by atoms with Gasteiger partial charge in [0.15, 0.2) is 0 Å². The third-order valence-electron chi connectivity index (χ3n) is 4.56. The molecule has 0 spiro atoms. The zero-order valence-corrected chi connectivity index (χ0v) is 16.6. The third-order valence-corrected chi connectivity index (χ3v) is 5.09. The Balaban J connectivity index is 1.79. The lowest BCUT2D eigenvalue weighted by atomic mass is 9.95. The molecule has 1 aliphatic heterocycles. The number of anilines is 2. The summed E-state index contributed by atoms with van der Waals surface area (Å²) in [5, 5.41) is 11.0. The molecule has 27 heavy (non-hydrogen) atoms. The van der Waals surface area contributed by atoms with Crippen molar-refractivity contribution in [1.29, 1.82) is 0 Å². The quantitative estimate of drug-likeness (QED) is 0.631. The fourth-order valence-electron chi connectivity index (χ4n) is 3.36. The first-order chi connectivity index (χ1) is 13.0. The van der Waals surface area contributed by atoms with Gasteiger partial charge < -0.3 is 10.6 Å². The Morgan fingerprint density at radius 2 is 1.81 bits per heavy atom. The van der Waals surface area contributed by atoms with Crippen molar-refractivity contribution < 1.29 is 4.79 Å². The van der Waals surface area contributed by atoms with E-state index in [9.17, 15) is 4.79 Å². The molecule has 3 aromatic rings. The van der Waals surface area contributed by atoms with E-state index < -0.39 is 0 Å². The standard InChI is InChI=1S/C21H19BrN4O/c1-13-12-18-23-14(2)19(21(27)24-17-6-4-3-5-7-17)20(26(18)25-13)15-8-10-16(22)11-9-15/h3-12,20,23H,1-2H3,(H,24,27)/t20-/m1/s1. The van der Waals surface area contributed by atoms with E-state index in [4.69, 9.17) is 0 Å². The Morgan fingerprint density at radius 1 is 1.11 bits per heavy atom. The Kier molecular flexibility index (Phi) is 4.58. The number of aryl methyl sites for hydroxylation is 1. The zero-order chi connectivity index (χ0) is 19.0. The van der Waals surface area contributed by atoms with Crippen LogP contribution in [0.15, 0.2) is 76.4 Å². The van der Waals surface area contributed by atoms with Crippen LogP contribution in [0.4, 0.5) is 11.5 Å². The fourth-order valence-corrected chi connectivity index (χ4v) is 3.63. The van der Waals surface area contributed by atoms with Crippen molar-refractivity contribution >= 4 is 33.3 Å². The molecule has 1 aliphatic rings. The molecule has 0 unspecified atom stereocenters. The number of halogens is 1. The molecular weight excluding hydrogens is 404 g/mol. The molecule has 4 rings (SSSR count). The van der Waals surface area contributed by atoms with E-state index in [1.54, 1.807) is 0 Å². The molecule has 0 radical (unpaired) electrons. The van der Waals surface area contributed by atoms with E-state index in [0.29, 0.717) is 5.57 Å². The lowest BCUT2D eigenvalue weighted by molar-refractivity contribution is -0.113. The summed E-state index contributed by atoms with van der Waals surface area (Å²) in [6, 6.07) is 19.2. The molecule has 0 fully saturated rings. The number of hydrogen-bond donors (Lipinski definition) is 2. The molecule has 5 nitrogen and oxygen atoms in total. The fraction of sp³-hybridized carbons (Fsp3) is 0.143. The average molecular weight is 423 g/mol. The molecule has 2 heterocycles. The van der Waals surface area contributed by atoms with Crippen LogP contribution < -0.4 is 10.6 Å². The van der Waals surface area contributed by atoms with Gasteiger partial charge in [0, 0.05) is 21.9 Å². The van der Waals surface area contributed by atoms with Crippen LogP contribution in [0.1, 0.15) is 24.2 Å². The third kappa shape index (κ3) is 3.40. The second-order valence-electron chi connectivity index (χ2n) is 6.55. The monoisotopic (exact) mass is 422 g/mol. The minimum atomic E-state index is -0.299. The molecule has 0 saturated carbocycles. The summed E-state index contributed by atoms with van der Waals surface area (Å²) in [7, 11) is 0. The van der Waals surface area contributed by atoms with Gasteiger partial charge >= 0.3 is 0 Å². The summed E-state index contributed by atoms with van der Waals surface area (Å²) in [4.78, 5) is 13.2. The summed E-state index contributed by atoms with van der Waals surface area (Å²) < 4.78 is 2.87. The van der Waals surface area contributed by atoms with Crippen molar-refractivity contribution in [3.05, 3.63) is 87.7 Å². The number of carbonyl (C=O) groups is 1. The maximum atomic E-state index is 13.2. The Hall–Kier alpha value is -2.86. The van der Waals surface area contributed by atoms with Gasteiger partial charge in [-0.3, -0.25) is 4.79 Å². The topological polar surface area (TPSA) is 59.0 Å². The van der Waals surface area contributed by atoms with E-state index >= 15 is 0 Å². The Morgan fingerprint density at radius 3 is 2.52 bits per heavy atom. The van der Waals surface area contributed by atoms with Crippen LogP contribution in [0.25, 0.3) is 0 Å². The molecule has 136 valence electrons. The normalized spacial score (nSPS) is 15.9. The average Bonchev–Trinajstić information content (AvgIpc) is 3.01. The molecular formula is C21H19BrN4O. The van der Waals surface area contributed by atoms with Gasteiger partial charge in [0.1, 0.15) is 11.9 Å². The van der Waals surface area contributed by atoms with E-state index in [0.717, 1.165) is 32.9 Å². The Bertz CT molecular complexity index is 1020. The zero-order valence-electron chi connectivity index (χ0n) is 15.0. The summed E-state index contributed by atoms with van der Waals surface area (Å²) in [6.45, 7) is 3.88. The van der Waals surface area contributed by atoms with Crippen LogP contribution in [-0.4, -0.2) is 15.7 Å². The summed E-state index contributed by atoms with van der Waals surface area (Å²) in [6.07, 6.45) is 0. The van der Waals surface area contributed by atoms with E-state index in [1.165, 1.54) is 0 Å². The van der Waals surface area contributed by atoms with Gasteiger partial charge in [-0.2, -0.15) is 5.10 Å². The van der Waals surface area contributed by atoms with Crippen LogP contribution >= 0.6 is 15.9 Å². The molecule has 0 saturated heterocycles. The largest absolute Gasteiger partial charge is 0.344 e. The number of amides is 1. The number of nitrogens with one attached hydrogen (secondary N) is 2. The van der Waals surface area contributed by atoms with Crippen LogP contribution in [0.3, 0.4) is 0 Å². The first kappa shape index (κ1) is 17.5. The number of rotatable bonds is 3. The molecule has 1 atom stereocenters. The van der Waals surface area contributed by atoms with Gasteiger partial charge in [-0.25, -0.2) is 4.68 Å². The lowest BCUT2D eigenvalue weighted by Gasteiger charge is -2.29. The van der Waals surface area contributed by atoms with Gasteiger partial charge in [-0.05, 0) is 43.7 Å². The molecule has 6 heteroatoms. The van der Waals surface area contributed by atoms with Gasteiger partial charge in [0.05, 0.1) is 11.3 Å². The van der Waals surface area contributed by atoms with Crippen molar-refractivity contribution in [1.82, 2.24) is 9.78 Å². The van der Waals surface area contributed by atoms with Crippen molar-refractivity contribution in [3.63, 3.8) is 0 Å². The first-order valence-corrected chi connectivity index (χ1v) is 9.48. The lowest BCUT2D eigenvalue weighted by Crippen LogP contribution is -2.31. The van der Waals surface area contributed by atoms with Crippen LogP contribution in [0.5, 0.6) is 0 Å². The highest BCUT2D eigenvalue weighted by molar-refractivity contribution is 9.10. The minimum Gasteiger partial charge on any atom is -0.344 e. The van der Waals surface area contributed by atoms with Crippen LogP contribution in [0, 0.1) is 6.92 Å². The second kappa shape index (κ2) is 7.04. The highest BCUT2D eigenvalue weighted by Gasteiger charge is 2.33. The van der Waals surface area contributed by atoms with Crippen molar-refractivity contribution in [2.24, 2.45) is 0 Å². The summed E-state index contributed by atoms with van der Waals surface area (Å²) >= 11 is 3.48. The smallest absolute Gasteiger partial charge is 0.255 e. The number of benzene rings is 2. The predicted molar refractivity (Wildman–Crippen MR) is 111 cm³/mol. The van der Waals surface area contributed by atoms with E-state index in [1.807, 2.05) is 79.2 Å². The summed E-state index contributed by atoms with van der Waals surface area (Å²) in [5.74, 6) is 0.743. The van der Waals surface area contributed by atoms with Gasteiger partial charge in [0.2, 0.25) is 0 Å². The number of nitrogens with zero attached hydrogens (tertiary/aromatic N) is 2. The number of allylic oxidation sites excluding steroid dienone is 1. The number of para-hydroxylation sites is 1. The Labute approximate surface area is 166 Å². The number of hydrogen-bond acceptors (Lipinski definition) is 3. The highest BCUT2D eigenvalue weighted by atomic mass is 79.9. The maximum absolute atomic E-state index is 13.2. The maximum Gasteiger partial charge on any atom is 0.255 e. The van der Waals surface area contributed by atoms with Gasteiger partial charge in [0.25, 0.3) is 5.91 Å². The van der Waals surface area contributed by atoms with Gasteiger partial charge in [-0.15, -0.1) is 0 Å². The molecule has 1 aromatic heterocycles. The second-order valence-corrected chi connectivity index (χ2v) is 7.47. The van der Waals surface area contributed by atoms with Crippen molar-refractivity contribution in [2.75, 3.05) is 10.6 Å². The SMILES string of the molecule is CC1=C(C(=O)Nc2ccccc2)[C@@H](c2ccc(Br)cc2)n2nc(C)cc2N1. The molecule has 2 aromatic carbocycles. The minimum absolute atomic E-state index is 0.141. The molecule has 2 N–H and O–H groups in total.